The molecule has 0 aliphatic heterocycles. The number of likely N-dealkylation sites (N-methyl/N-ethyl adjacent to an activating group) is 1. The molecular formula is C13H18N2O3S. The number of carbonyl (C=O) groups is 2. The fraction of sp³-hybridized carbons (Fsp3) is 0.538. The maximum Gasteiger partial charge on any atom is 0.326 e. The minimum absolute atomic E-state index is 0.104. The number of carbonyl (C=O) groups excluding carboxylic acids is 1. The van der Waals surface area contributed by atoms with Crippen LogP contribution < -0.4 is 5.32 Å². The van der Waals surface area contributed by atoms with E-state index in [2.05, 4.69) is 5.32 Å². The predicted molar refractivity (Wildman–Crippen MR) is 73.3 cm³/mol. The first kappa shape index (κ1) is 13.9. The second-order valence-corrected chi connectivity index (χ2v) is 5.89. The topological polar surface area (TPSA) is 69.6 Å². The molecule has 1 heterocycles. The normalized spacial score (nSPS) is 15.8. The fourth-order valence-corrected chi connectivity index (χ4v) is 2.59. The molecule has 2 N–H and O–H groups in total. The summed E-state index contributed by atoms with van der Waals surface area (Å²) < 4.78 is 0. The minimum Gasteiger partial charge on any atom is -0.480 e. The van der Waals surface area contributed by atoms with E-state index in [1.54, 1.807) is 18.4 Å². The molecule has 0 radical (unpaired) electrons. The maximum atomic E-state index is 11.9. The highest BCUT2D eigenvalue weighted by molar-refractivity contribution is 7.09. The summed E-state index contributed by atoms with van der Waals surface area (Å²) in [5, 5.41) is 13.7. The number of nitrogens with one attached hydrogen (secondary N) is 1. The Hall–Kier alpha value is -1.56. The number of rotatable bonds is 6. The molecule has 1 fully saturated rings. The molecule has 1 aromatic heterocycles. The molecule has 19 heavy (non-hydrogen) atoms. The summed E-state index contributed by atoms with van der Waals surface area (Å²) in [6.07, 6.45) is 2.56. The number of amides is 2. The molecule has 1 saturated carbocycles. The van der Waals surface area contributed by atoms with Gasteiger partial charge in [0.1, 0.15) is 6.04 Å². The van der Waals surface area contributed by atoms with Crippen LogP contribution in [0.4, 0.5) is 4.79 Å². The molecule has 0 spiro atoms. The Morgan fingerprint density at radius 2 is 2.32 bits per heavy atom. The lowest BCUT2D eigenvalue weighted by molar-refractivity contribution is -0.139. The summed E-state index contributed by atoms with van der Waals surface area (Å²) in [7, 11) is 1.69. The third-order valence-electron chi connectivity index (χ3n) is 3.26. The molecule has 5 nitrogen and oxygen atoms in total. The van der Waals surface area contributed by atoms with Gasteiger partial charge in [-0.05, 0) is 36.6 Å². The summed E-state index contributed by atoms with van der Waals surface area (Å²) in [6.45, 7) is 0.587. The molecule has 2 rings (SSSR count). The van der Waals surface area contributed by atoms with E-state index < -0.39 is 12.0 Å². The van der Waals surface area contributed by atoms with Crippen LogP contribution in [0.15, 0.2) is 17.5 Å². The van der Waals surface area contributed by atoms with Crippen LogP contribution in [0.2, 0.25) is 0 Å². The van der Waals surface area contributed by atoms with Gasteiger partial charge in [-0.2, -0.15) is 0 Å². The van der Waals surface area contributed by atoms with Crippen molar-refractivity contribution in [2.75, 3.05) is 13.6 Å². The Labute approximate surface area is 116 Å². The van der Waals surface area contributed by atoms with Crippen LogP contribution in [-0.4, -0.2) is 41.6 Å². The largest absolute Gasteiger partial charge is 0.480 e. The van der Waals surface area contributed by atoms with E-state index in [4.69, 9.17) is 5.11 Å². The quantitative estimate of drug-likeness (QED) is 0.836. The highest BCUT2D eigenvalue weighted by Crippen LogP contribution is 2.32. The minimum atomic E-state index is -0.942. The van der Waals surface area contributed by atoms with Gasteiger partial charge in [0.05, 0.1) is 0 Å². The van der Waals surface area contributed by atoms with Crippen molar-refractivity contribution in [2.24, 2.45) is 5.92 Å². The van der Waals surface area contributed by atoms with E-state index in [1.165, 1.54) is 9.78 Å². The lowest BCUT2D eigenvalue weighted by Gasteiger charge is -2.21. The average molecular weight is 282 g/mol. The second-order valence-electron chi connectivity index (χ2n) is 4.85. The Balaban J connectivity index is 1.79. The molecule has 1 aliphatic carbocycles. The second kappa shape index (κ2) is 6.06. The molecule has 0 aromatic carbocycles. The molecule has 0 bridgehead atoms. The zero-order chi connectivity index (χ0) is 13.8. The third-order valence-corrected chi connectivity index (χ3v) is 4.20. The predicted octanol–water partition coefficient (Wildman–Crippen LogP) is 1.80. The Morgan fingerprint density at radius 3 is 2.84 bits per heavy atom. The van der Waals surface area contributed by atoms with Crippen molar-refractivity contribution in [3.63, 3.8) is 0 Å². The number of aliphatic carboxylic acids is 1. The fourth-order valence-electron chi connectivity index (χ4n) is 1.89. The number of hydrogen-bond donors (Lipinski definition) is 2. The van der Waals surface area contributed by atoms with Crippen LogP contribution in [0.1, 0.15) is 17.7 Å². The van der Waals surface area contributed by atoms with Crippen molar-refractivity contribution in [2.45, 2.75) is 25.3 Å². The van der Waals surface area contributed by atoms with Gasteiger partial charge in [-0.3, -0.25) is 0 Å². The lowest BCUT2D eigenvalue weighted by atomic mass is 10.2. The van der Waals surface area contributed by atoms with E-state index in [0.29, 0.717) is 6.54 Å². The number of thiophene rings is 1. The first-order valence-corrected chi connectivity index (χ1v) is 7.22. The molecule has 6 heteroatoms. The molecule has 1 unspecified atom stereocenters. The van der Waals surface area contributed by atoms with Crippen molar-refractivity contribution in [3.8, 4) is 0 Å². The van der Waals surface area contributed by atoms with Crippen molar-refractivity contribution in [3.05, 3.63) is 22.4 Å². The summed E-state index contributed by atoms with van der Waals surface area (Å²) in [5.41, 5.74) is 0. The van der Waals surface area contributed by atoms with E-state index in [0.717, 1.165) is 19.3 Å². The number of nitrogens with zero attached hydrogens (tertiary/aromatic N) is 1. The SMILES string of the molecule is CN(CCc1cccs1)C(=O)NC(C(=O)O)C1CC1. The summed E-state index contributed by atoms with van der Waals surface area (Å²) in [4.78, 5) is 25.7. The van der Waals surface area contributed by atoms with Gasteiger partial charge in [0, 0.05) is 18.5 Å². The standard InChI is InChI=1S/C13H18N2O3S/c1-15(7-6-10-3-2-8-19-10)13(18)14-11(12(16)17)9-4-5-9/h2-3,8-9,11H,4-7H2,1H3,(H,14,18)(H,16,17). The summed E-state index contributed by atoms with van der Waals surface area (Å²) in [5.74, 6) is -0.838. The Bertz CT molecular complexity index is 443. The molecule has 1 aromatic rings. The molecule has 0 saturated heterocycles. The molecule has 1 atom stereocenters. The van der Waals surface area contributed by atoms with Gasteiger partial charge in [0.15, 0.2) is 0 Å². The smallest absolute Gasteiger partial charge is 0.326 e. The Kier molecular flexibility index (Phi) is 4.42. The summed E-state index contributed by atoms with van der Waals surface area (Å²) in [6, 6.07) is 2.96. The van der Waals surface area contributed by atoms with Gasteiger partial charge in [-0.25, -0.2) is 9.59 Å². The maximum absolute atomic E-state index is 11.9. The van der Waals surface area contributed by atoms with E-state index in [1.807, 2.05) is 17.5 Å². The van der Waals surface area contributed by atoms with Crippen LogP contribution in [0.5, 0.6) is 0 Å². The van der Waals surface area contributed by atoms with Crippen molar-refractivity contribution < 1.29 is 14.7 Å². The van der Waals surface area contributed by atoms with Gasteiger partial charge in [-0.15, -0.1) is 11.3 Å². The van der Waals surface area contributed by atoms with Crippen LogP contribution >= 0.6 is 11.3 Å². The van der Waals surface area contributed by atoms with Gasteiger partial charge in [0.2, 0.25) is 0 Å². The van der Waals surface area contributed by atoms with E-state index in [9.17, 15) is 9.59 Å². The van der Waals surface area contributed by atoms with E-state index >= 15 is 0 Å². The van der Waals surface area contributed by atoms with Gasteiger partial charge in [-0.1, -0.05) is 6.07 Å². The van der Waals surface area contributed by atoms with Gasteiger partial charge < -0.3 is 15.3 Å². The zero-order valence-corrected chi connectivity index (χ0v) is 11.7. The van der Waals surface area contributed by atoms with Crippen LogP contribution in [-0.2, 0) is 11.2 Å². The van der Waals surface area contributed by atoms with Crippen molar-refractivity contribution >= 4 is 23.3 Å². The zero-order valence-electron chi connectivity index (χ0n) is 10.8. The monoisotopic (exact) mass is 282 g/mol. The van der Waals surface area contributed by atoms with Crippen LogP contribution in [0.3, 0.4) is 0 Å². The Morgan fingerprint density at radius 1 is 1.58 bits per heavy atom. The molecular weight excluding hydrogens is 264 g/mol. The number of hydrogen-bond acceptors (Lipinski definition) is 3. The van der Waals surface area contributed by atoms with Gasteiger partial charge >= 0.3 is 12.0 Å². The lowest BCUT2D eigenvalue weighted by Crippen LogP contribution is -2.48. The average Bonchev–Trinajstić information content (AvgIpc) is 3.08. The number of urea groups is 1. The van der Waals surface area contributed by atoms with E-state index in [-0.39, 0.29) is 11.9 Å². The van der Waals surface area contributed by atoms with Crippen LogP contribution in [0.25, 0.3) is 0 Å². The molecule has 2 amide bonds. The highest BCUT2D eigenvalue weighted by Gasteiger charge is 2.37. The molecule has 1 aliphatic rings. The first-order chi connectivity index (χ1) is 9.08. The third kappa shape index (κ3) is 3.96. The first-order valence-electron chi connectivity index (χ1n) is 6.34. The van der Waals surface area contributed by atoms with Crippen LogP contribution in [0, 0.1) is 5.92 Å². The van der Waals surface area contributed by atoms with Crippen molar-refractivity contribution in [1.29, 1.82) is 0 Å². The highest BCUT2D eigenvalue weighted by atomic mass is 32.1. The van der Waals surface area contributed by atoms with Gasteiger partial charge in [0.25, 0.3) is 0 Å². The number of carboxylic acid groups (broad SMARTS) is 1. The number of carboxylic acids is 1. The molecule has 104 valence electrons. The summed E-state index contributed by atoms with van der Waals surface area (Å²) >= 11 is 1.66. The van der Waals surface area contributed by atoms with Crippen molar-refractivity contribution in [1.82, 2.24) is 10.2 Å².